The number of piperidine rings is 1. The number of hydrogen-bond acceptors (Lipinski definition) is 6. The van der Waals surface area contributed by atoms with E-state index in [0.717, 1.165) is 35.9 Å². The highest BCUT2D eigenvalue weighted by atomic mass is 19.4. The van der Waals surface area contributed by atoms with Crippen LogP contribution in [0.3, 0.4) is 0 Å². The van der Waals surface area contributed by atoms with Gasteiger partial charge in [-0.1, -0.05) is 0 Å². The van der Waals surface area contributed by atoms with Crippen molar-refractivity contribution in [3.63, 3.8) is 0 Å². The van der Waals surface area contributed by atoms with Crippen molar-refractivity contribution in [1.29, 1.82) is 0 Å². The molecular weight excluding hydrogens is 470 g/mol. The fourth-order valence-corrected chi connectivity index (χ4v) is 4.58. The molecule has 1 saturated heterocycles. The molecule has 1 aliphatic heterocycles. The van der Waals surface area contributed by atoms with Crippen LogP contribution in [0.2, 0.25) is 0 Å². The first-order chi connectivity index (χ1) is 16.0. The van der Waals surface area contributed by atoms with Crippen LogP contribution >= 0.6 is 0 Å². The Bertz CT molecular complexity index is 960. The second kappa shape index (κ2) is 9.25. The molecule has 7 nitrogen and oxygen atoms in total. The molecule has 13 heteroatoms. The van der Waals surface area contributed by atoms with Gasteiger partial charge in [-0.15, -0.1) is 0 Å². The van der Waals surface area contributed by atoms with Gasteiger partial charge in [0.1, 0.15) is 11.9 Å². The Morgan fingerprint density at radius 3 is 2.15 bits per heavy atom. The van der Waals surface area contributed by atoms with Crippen LogP contribution in [0.1, 0.15) is 24.1 Å². The Hall–Kier alpha value is -2.54. The number of rotatable bonds is 7. The van der Waals surface area contributed by atoms with Crippen LogP contribution in [0.4, 0.5) is 32.2 Å². The average Bonchev–Trinajstić information content (AvgIpc) is 3.28. The Kier molecular flexibility index (Phi) is 6.69. The summed E-state index contributed by atoms with van der Waals surface area (Å²) in [4.78, 5) is 5.86. The topological polar surface area (TPSA) is 61.6 Å². The van der Waals surface area contributed by atoms with Gasteiger partial charge in [0.2, 0.25) is 5.88 Å². The molecule has 2 fully saturated rings. The Morgan fingerprint density at radius 1 is 1.00 bits per heavy atom. The molecule has 188 valence electrons. The number of halogens is 6. The van der Waals surface area contributed by atoms with E-state index in [-0.39, 0.29) is 30.4 Å². The van der Waals surface area contributed by atoms with Gasteiger partial charge >= 0.3 is 12.4 Å². The summed E-state index contributed by atoms with van der Waals surface area (Å²) in [6, 6.07) is 3.20. The number of aromatic nitrogens is 3. The van der Waals surface area contributed by atoms with E-state index in [4.69, 9.17) is 14.2 Å². The van der Waals surface area contributed by atoms with Crippen LogP contribution in [-0.2, 0) is 28.4 Å². The van der Waals surface area contributed by atoms with Crippen molar-refractivity contribution in [1.82, 2.24) is 14.8 Å². The maximum absolute atomic E-state index is 13.3. The SMILES string of the molecule is COC(Cn1nc(C(F)(F)F)cc1O[C@@H]1[C@@H]2CC[C@H]1CN(c1ccc(C(F)(F)F)cn1)C2)OC. The highest BCUT2D eigenvalue weighted by Crippen LogP contribution is 2.41. The molecule has 2 aromatic heterocycles. The van der Waals surface area contributed by atoms with Crippen LogP contribution in [0.25, 0.3) is 0 Å². The van der Waals surface area contributed by atoms with Crippen molar-refractivity contribution in [2.75, 3.05) is 32.2 Å². The predicted octanol–water partition coefficient (Wildman–Crippen LogP) is 4.23. The number of methoxy groups -OCH3 is 2. The molecule has 1 aliphatic carbocycles. The summed E-state index contributed by atoms with van der Waals surface area (Å²) >= 11 is 0. The molecule has 2 bridgehead atoms. The van der Waals surface area contributed by atoms with Gasteiger partial charge in [-0.05, 0) is 25.0 Å². The summed E-state index contributed by atoms with van der Waals surface area (Å²) in [5.74, 6) is 0.340. The maximum Gasteiger partial charge on any atom is 0.435 e. The normalized spacial score (nSPS) is 23.1. The van der Waals surface area contributed by atoms with Gasteiger partial charge in [0.25, 0.3) is 0 Å². The largest absolute Gasteiger partial charge is 0.474 e. The quantitative estimate of drug-likeness (QED) is 0.424. The van der Waals surface area contributed by atoms with Crippen LogP contribution in [0.5, 0.6) is 5.88 Å². The number of ether oxygens (including phenoxy) is 3. The Labute approximate surface area is 191 Å². The molecule has 1 saturated carbocycles. The molecular formula is C21H24F6N4O3. The third-order valence-electron chi connectivity index (χ3n) is 6.28. The monoisotopic (exact) mass is 494 g/mol. The number of fused-ring (bicyclic) bond motifs is 2. The van der Waals surface area contributed by atoms with Crippen molar-refractivity contribution in [3.8, 4) is 5.88 Å². The zero-order valence-corrected chi connectivity index (χ0v) is 18.4. The number of nitrogens with zero attached hydrogens (tertiary/aromatic N) is 4. The van der Waals surface area contributed by atoms with E-state index in [9.17, 15) is 26.3 Å². The lowest BCUT2D eigenvalue weighted by molar-refractivity contribution is -0.142. The van der Waals surface area contributed by atoms with Gasteiger partial charge < -0.3 is 19.1 Å². The molecule has 0 spiro atoms. The van der Waals surface area contributed by atoms with Crippen molar-refractivity contribution in [2.45, 2.75) is 44.1 Å². The summed E-state index contributed by atoms with van der Waals surface area (Å²) in [6.07, 6.45) is -7.90. The zero-order chi connectivity index (χ0) is 24.7. The van der Waals surface area contributed by atoms with Crippen LogP contribution in [0, 0.1) is 11.8 Å². The molecule has 2 aliphatic rings. The van der Waals surface area contributed by atoms with E-state index in [1.54, 1.807) is 0 Å². The van der Waals surface area contributed by atoms with Crippen molar-refractivity contribution < 1.29 is 40.6 Å². The molecule has 2 aromatic rings. The second-order valence-corrected chi connectivity index (χ2v) is 8.44. The average molecular weight is 494 g/mol. The highest BCUT2D eigenvalue weighted by Gasteiger charge is 2.45. The summed E-state index contributed by atoms with van der Waals surface area (Å²) in [7, 11) is 2.74. The molecule has 4 rings (SSSR count). The third kappa shape index (κ3) is 5.09. The van der Waals surface area contributed by atoms with E-state index in [2.05, 4.69) is 10.1 Å². The lowest BCUT2D eigenvalue weighted by Gasteiger charge is -2.38. The first kappa shape index (κ1) is 24.6. The molecule has 3 heterocycles. The molecule has 0 radical (unpaired) electrons. The molecule has 0 amide bonds. The summed E-state index contributed by atoms with van der Waals surface area (Å²) in [6.45, 7) is 0.846. The third-order valence-corrected chi connectivity index (χ3v) is 6.28. The standard InChI is InChI=1S/C21H24F6N4O3/c1-32-18(33-2)11-31-17(7-15(29-31)21(25,26)27)34-19-12-3-4-13(19)10-30(9-12)16-6-5-14(8-28-16)20(22,23)24/h5-8,12-13,18-19H,3-4,9-11H2,1-2H3/t12-,13+,19-. The van der Waals surface area contributed by atoms with Crippen LogP contribution in [0.15, 0.2) is 24.4 Å². The number of anilines is 1. The van der Waals surface area contributed by atoms with Gasteiger partial charge in [-0.3, -0.25) is 0 Å². The minimum absolute atomic E-state index is 0.0267. The van der Waals surface area contributed by atoms with Crippen LogP contribution in [-0.4, -0.2) is 54.5 Å². The van der Waals surface area contributed by atoms with Crippen molar-refractivity contribution in [2.24, 2.45) is 11.8 Å². The number of hydrogen-bond donors (Lipinski definition) is 0. The minimum atomic E-state index is -4.64. The molecule has 0 N–H and O–H groups in total. The summed E-state index contributed by atoms with van der Waals surface area (Å²) in [5, 5.41) is 3.64. The molecule has 0 aromatic carbocycles. The van der Waals surface area contributed by atoms with Gasteiger partial charge in [-0.25, -0.2) is 9.67 Å². The van der Waals surface area contributed by atoms with E-state index >= 15 is 0 Å². The fourth-order valence-electron chi connectivity index (χ4n) is 4.58. The minimum Gasteiger partial charge on any atom is -0.474 e. The van der Waals surface area contributed by atoms with Crippen LogP contribution < -0.4 is 9.64 Å². The van der Waals surface area contributed by atoms with E-state index in [1.807, 2.05) is 4.90 Å². The Balaban J connectivity index is 1.50. The molecule has 0 unspecified atom stereocenters. The Morgan fingerprint density at radius 2 is 1.65 bits per heavy atom. The molecule has 34 heavy (non-hydrogen) atoms. The first-order valence-electron chi connectivity index (χ1n) is 10.6. The fraction of sp³-hybridized carbons (Fsp3) is 0.619. The van der Waals surface area contributed by atoms with Crippen molar-refractivity contribution >= 4 is 5.82 Å². The van der Waals surface area contributed by atoms with Crippen molar-refractivity contribution in [3.05, 3.63) is 35.7 Å². The van der Waals surface area contributed by atoms with Gasteiger partial charge in [0, 0.05) is 51.4 Å². The van der Waals surface area contributed by atoms with E-state index in [1.165, 1.54) is 20.3 Å². The number of alkyl halides is 6. The predicted molar refractivity (Wildman–Crippen MR) is 107 cm³/mol. The number of pyridine rings is 1. The van der Waals surface area contributed by atoms with Gasteiger partial charge in [-0.2, -0.15) is 31.4 Å². The van der Waals surface area contributed by atoms with E-state index in [0.29, 0.717) is 18.9 Å². The van der Waals surface area contributed by atoms with Gasteiger partial charge in [0.15, 0.2) is 12.0 Å². The second-order valence-electron chi connectivity index (χ2n) is 8.44. The zero-order valence-electron chi connectivity index (χ0n) is 18.4. The summed E-state index contributed by atoms with van der Waals surface area (Å²) < 4.78 is 95.7. The first-order valence-corrected chi connectivity index (χ1v) is 10.6. The lowest BCUT2D eigenvalue weighted by atomic mass is 9.94. The maximum atomic E-state index is 13.3. The highest BCUT2D eigenvalue weighted by molar-refractivity contribution is 5.41. The summed E-state index contributed by atoms with van der Waals surface area (Å²) in [5.41, 5.74) is -1.90. The lowest BCUT2D eigenvalue weighted by Crippen LogP contribution is -2.47. The van der Waals surface area contributed by atoms with Gasteiger partial charge in [0.05, 0.1) is 12.1 Å². The molecule has 3 atom stereocenters. The van der Waals surface area contributed by atoms with E-state index < -0.39 is 29.9 Å². The smallest absolute Gasteiger partial charge is 0.435 e.